The molecule has 224 valence electrons. The molecule has 0 bridgehead atoms. The molecule has 2 atom stereocenters. The van der Waals surface area contributed by atoms with Gasteiger partial charge in [0.2, 0.25) is 0 Å². The molecule has 0 aliphatic carbocycles. The van der Waals surface area contributed by atoms with Gasteiger partial charge in [0.25, 0.3) is 0 Å². The van der Waals surface area contributed by atoms with E-state index in [9.17, 15) is 19.2 Å². The third-order valence-corrected chi connectivity index (χ3v) is 5.16. The van der Waals surface area contributed by atoms with Gasteiger partial charge in [-0.3, -0.25) is 0 Å². The first-order valence-electron chi connectivity index (χ1n) is 13.6. The Hall–Kier alpha value is -2.92. The molecule has 0 amide bonds. The predicted octanol–water partition coefficient (Wildman–Crippen LogP) is 7.67. The lowest BCUT2D eigenvalue weighted by Gasteiger charge is -2.14. The maximum absolute atomic E-state index is 11.4. The van der Waals surface area contributed by atoms with E-state index in [2.05, 4.69) is 42.9 Å². The van der Waals surface area contributed by atoms with E-state index in [1.165, 1.54) is 0 Å². The number of hydrogen-bond acceptors (Lipinski definition) is 12. The topological polar surface area (TPSA) is 142 Å². The summed E-state index contributed by atoms with van der Waals surface area (Å²) in [6.07, 6.45) is 5.43. The van der Waals surface area contributed by atoms with Gasteiger partial charge in [-0.2, -0.15) is 38.7 Å². The quantitative estimate of drug-likeness (QED) is 0.0802. The van der Waals surface area contributed by atoms with Crippen molar-refractivity contribution >= 4 is 24.6 Å². The molecule has 0 aromatic heterocycles. The number of ether oxygens (including phenoxy) is 4. The van der Waals surface area contributed by atoms with Gasteiger partial charge in [-0.05, 0) is 37.5 Å². The molecule has 0 aromatic rings. The smallest absolute Gasteiger partial charge is 0.432 e. The first-order valence-corrected chi connectivity index (χ1v) is 13.6. The van der Waals surface area contributed by atoms with Gasteiger partial charge in [0.15, 0.2) is 0 Å². The summed E-state index contributed by atoms with van der Waals surface area (Å²) < 4.78 is 18.8. The summed E-state index contributed by atoms with van der Waals surface area (Å²) in [6.45, 7) is 12.9. The third kappa shape index (κ3) is 24.8. The van der Waals surface area contributed by atoms with Gasteiger partial charge in [-0.15, -0.1) is 0 Å². The van der Waals surface area contributed by atoms with Gasteiger partial charge in [0.05, 0.1) is 26.4 Å². The molecule has 0 heterocycles. The number of hydrogen-bond donors (Lipinski definition) is 0. The van der Waals surface area contributed by atoms with Gasteiger partial charge in [0, 0.05) is 0 Å². The lowest BCUT2D eigenvalue weighted by atomic mass is 10.0. The Balaban J connectivity index is 0. The summed E-state index contributed by atoms with van der Waals surface area (Å²) in [5.74, 6) is 0.599. The van der Waals surface area contributed by atoms with Crippen LogP contribution in [0.5, 0.6) is 0 Å². The molecular weight excluding hydrogens is 504 g/mol. The molecule has 12 heteroatoms. The second-order valence-electron chi connectivity index (χ2n) is 8.49. The fourth-order valence-corrected chi connectivity index (χ4v) is 2.77. The Morgan fingerprint density at radius 1 is 0.474 bits per heavy atom. The van der Waals surface area contributed by atoms with E-state index >= 15 is 0 Å². The van der Waals surface area contributed by atoms with Crippen LogP contribution in [0.25, 0.3) is 0 Å². The average molecular weight is 553 g/mol. The van der Waals surface area contributed by atoms with E-state index in [0.29, 0.717) is 24.7 Å². The maximum Gasteiger partial charge on any atom is 0.550 e. The van der Waals surface area contributed by atoms with Crippen LogP contribution in [-0.2, 0) is 38.5 Å². The fraction of sp³-hybridized carbons (Fsp3) is 0.846. The van der Waals surface area contributed by atoms with Crippen molar-refractivity contribution in [3.63, 3.8) is 0 Å². The monoisotopic (exact) mass is 552 g/mol. The Kier molecular flexibility index (Phi) is 26.6. The first-order chi connectivity index (χ1) is 18.3. The van der Waals surface area contributed by atoms with Gasteiger partial charge in [0.1, 0.15) is 0 Å². The first kappa shape index (κ1) is 37.2. The van der Waals surface area contributed by atoms with Crippen molar-refractivity contribution < 1.29 is 57.7 Å². The Labute approximate surface area is 226 Å². The second-order valence-corrected chi connectivity index (χ2v) is 8.49. The van der Waals surface area contributed by atoms with E-state index < -0.39 is 24.6 Å². The van der Waals surface area contributed by atoms with Crippen LogP contribution in [0.4, 0.5) is 19.2 Å². The summed E-state index contributed by atoms with van der Waals surface area (Å²) in [4.78, 5) is 60.6. The van der Waals surface area contributed by atoms with E-state index in [0.717, 1.165) is 51.4 Å². The predicted molar refractivity (Wildman–Crippen MR) is 137 cm³/mol. The van der Waals surface area contributed by atoms with Crippen molar-refractivity contribution in [3.05, 3.63) is 0 Å². The zero-order valence-corrected chi connectivity index (χ0v) is 24.0. The van der Waals surface area contributed by atoms with Crippen molar-refractivity contribution in [2.75, 3.05) is 26.4 Å². The minimum Gasteiger partial charge on any atom is -0.432 e. The van der Waals surface area contributed by atoms with Crippen molar-refractivity contribution in [2.24, 2.45) is 11.8 Å². The molecular formula is C26H48O12. The van der Waals surface area contributed by atoms with Crippen LogP contribution < -0.4 is 0 Å². The maximum atomic E-state index is 11.4. The Morgan fingerprint density at radius 2 is 0.789 bits per heavy atom. The molecule has 0 radical (unpaired) electrons. The lowest BCUT2D eigenvalue weighted by Crippen LogP contribution is -2.19. The van der Waals surface area contributed by atoms with Crippen molar-refractivity contribution in [2.45, 2.75) is 106 Å². The van der Waals surface area contributed by atoms with E-state index in [4.69, 9.17) is 9.47 Å². The summed E-state index contributed by atoms with van der Waals surface area (Å²) in [5, 5.41) is 0. The molecule has 0 saturated carbocycles. The summed E-state index contributed by atoms with van der Waals surface area (Å²) in [7, 11) is 0. The average Bonchev–Trinajstić information content (AvgIpc) is 2.93. The molecule has 0 aliphatic rings. The van der Waals surface area contributed by atoms with Crippen molar-refractivity contribution in [3.8, 4) is 0 Å². The zero-order chi connectivity index (χ0) is 29.0. The van der Waals surface area contributed by atoms with E-state index in [-0.39, 0.29) is 26.4 Å². The van der Waals surface area contributed by atoms with Crippen LogP contribution in [0, 0.1) is 11.8 Å². The zero-order valence-electron chi connectivity index (χ0n) is 24.0. The van der Waals surface area contributed by atoms with Crippen LogP contribution >= 0.6 is 0 Å². The van der Waals surface area contributed by atoms with Crippen LogP contribution in [0.3, 0.4) is 0 Å². The lowest BCUT2D eigenvalue weighted by molar-refractivity contribution is -0.219. The SMILES string of the molecule is CCCCC(CC)COC(=O)OOC(=O)OCC(CC)CCCC.CCCOC(=O)OOC(=O)OCCC. The molecule has 0 fully saturated rings. The van der Waals surface area contributed by atoms with E-state index in [1.54, 1.807) is 0 Å². The highest BCUT2D eigenvalue weighted by Gasteiger charge is 2.16. The molecule has 0 spiro atoms. The Morgan fingerprint density at radius 3 is 1.05 bits per heavy atom. The molecule has 38 heavy (non-hydrogen) atoms. The number of rotatable bonds is 16. The van der Waals surface area contributed by atoms with Crippen molar-refractivity contribution in [1.29, 1.82) is 0 Å². The van der Waals surface area contributed by atoms with Crippen LogP contribution in [-0.4, -0.2) is 51.0 Å². The molecule has 0 rings (SSSR count). The molecule has 0 N–H and O–H groups in total. The highest BCUT2D eigenvalue weighted by molar-refractivity contribution is 5.64. The Bertz CT molecular complexity index is 559. The highest BCUT2D eigenvalue weighted by atomic mass is 17.3. The molecule has 0 aliphatic heterocycles. The van der Waals surface area contributed by atoms with E-state index in [1.807, 2.05) is 27.7 Å². The number of carbonyl (C=O) groups is 4. The van der Waals surface area contributed by atoms with Crippen molar-refractivity contribution in [1.82, 2.24) is 0 Å². The molecule has 12 nitrogen and oxygen atoms in total. The van der Waals surface area contributed by atoms with Gasteiger partial charge in [-0.1, -0.05) is 80.1 Å². The van der Waals surface area contributed by atoms with Gasteiger partial charge in [-0.25, -0.2) is 0 Å². The van der Waals surface area contributed by atoms with Crippen LogP contribution in [0.15, 0.2) is 0 Å². The minimum absolute atomic E-state index is 0.214. The second kappa shape index (κ2) is 27.1. The third-order valence-electron chi connectivity index (χ3n) is 5.16. The number of carbonyl (C=O) groups excluding carboxylic acids is 4. The fourth-order valence-electron chi connectivity index (χ4n) is 2.77. The number of unbranched alkanes of at least 4 members (excludes halogenated alkanes) is 2. The molecule has 2 unspecified atom stereocenters. The van der Waals surface area contributed by atoms with Crippen LogP contribution in [0.1, 0.15) is 106 Å². The standard InChI is InChI=1S/C18H34O6.C8H14O6/c1-5-9-11-15(7-3)13-21-17(19)23-24-18(20)22-14-16(8-4)12-10-6-2;1-3-5-11-7(9)13-14-8(10)12-6-4-2/h15-16H,5-14H2,1-4H3;3-6H2,1-2H3. The van der Waals surface area contributed by atoms with Crippen LogP contribution in [0.2, 0.25) is 0 Å². The normalized spacial score (nSPS) is 11.5. The molecule has 0 saturated heterocycles. The van der Waals surface area contributed by atoms with Gasteiger partial charge >= 0.3 is 24.6 Å². The summed E-state index contributed by atoms with van der Waals surface area (Å²) in [6, 6.07) is 0. The summed E-state index contributed by atoms with van der Waals surface area (Å²) in [5.41, 5.74) is 0. The highest BCUT2D eigenvalue weighted by Crippen LogP contribution is 2.14. The minimum atomic E-state index is -1.06. The van der Waals surface area contributed by atoms with Gasteiger partial charge < -0.3 is 18.9 Å². The largest absolute Gasteiger partial charge is 0.550 e. The molecule has 0 aromatic carbocycles. The summed E-state index contributed by atoms with van der Waals surface area (Å²) >= 11 is 0.